The van der Waals surface area contributed by atoms with Crippen LogP contribution >= 0.6 is 0 Å². The van der Waals surface area contributed by atoms with E-state index in [-0.39, 0.29) is 29.5 Å². The highest BCUT2D eigenvalue weighted by molar-refractivity contribution is 6.09. The van der Waals surface area contributed by atoms with E-state index < -0.39 is 30.4 Å². The lowest BCUT2D eigenvalue weighted by Gasteiger charge is -2.06. The van der Waals surface area contributed by atoms with Gasteiger partial charge in [0, 0.05) is 23.6 Å². The minimum atomic E-state index is -3.06. The highest BCUT2D eigenvalue weighted by Crippen LogP contribution is 2.37. The highest BCUT2D eigenvalue weighted by Gasteiger charge is 2.42. The molecule has 0 aromatic carbocycles. The summed E-state index contributed by atoms with van der Waals surface area (Å²) in [6, 6.07) is 0. The third-order valence-corrected chi connectivity index (χ3v) is 3.35. The van der Waals surface area contributed by atoms with Gasteiger partial charge in [-0.1, -0.05) is 13.8 Å². The Labute approximate surface area is 115 Å². The Morgan fingerprint density at radius 2 is 2.05 bits per heavy atom. The molecule has 0 saturated heterocycles. The summed E-state index contributed by atoms with van der Waals surface area (Å²) in [5.74, 6) is -4.89. The van der Waals surface area contributed by atoms with Crippen molar-refractivity contribution < 1.29 is 23.5 Å². The molecule has 0 spiro atoms. The molecular formula is C13H18F2N2O3. The largest absolute Gasteiger partial charge is 0.477 e. The Hall–Kier alpha value is -1.79. The van der Waals surface area contributed by atoms with Crippen LogP contribution in [0.2, 0.25) is 0 Å². The molecule has 0 aromatic heterocycles. The molecule has 1 saturated carbocycles. The van der Waals surface area contributed by atoms with Crippen molar-refractivity contribution in [3.63, 3.8) is 0 Å². The van der Waals surface area contributed by atoms with Crippen LogP contribution in [0.4, 0.5) is 8.78 Å². The zero-order valence-electron chi connectivity index (χ0n) is 11.4. The van der Waals surface area contributed by atoms with Crippen LogP contribution in [0.3, 0.4) is 0 Å². The molecule has 112 valence electrons. The van der Waals surface area contributed by atoms with Gasteiger partial charge < -0.3 is 10.8 Å². The van der Waals surface area contributed by atoms with Crippen molar-refractivity contribution in [1.29, 1.82) is 0 Å². The number of nitrogens with two attached hydrogens (primary N) is 1. The summed E-state index contributed by atoms with van der Waals surface area (Å²) in [6.45, 7) is 3.35. The smallest absolute Gasteiger partial charge is 0.352 e. The lowest BCUT2D eigenvalue weighted by Crippen LogP contribution is -2.17. The van der Waals surface area contributed by atoms with E-state index in [2.05, 4.69) is 4.99 Å². The number of hydrogen-bond acceptors (Lipinski definition) is 4. The molecule has 0 radical (unpaired) electrons. The second-order valence-electron chi connectivity index (χ2n) is 4.95. The van der Waals surface area contributed by atoms with Crippen LogP contribution in [0.5, 0.6) is 0 Å². The van der Waals surface area contributed by atoms with Crippen molar-refractivity contribution in [3.8, 4) is 0 Å². The summed E-state index contributed by atoms with van der Waals surface area (Å²) in [6.07, 6.45) is -0.786. The van der Waals surface area contributed by atoms with Gasteiger partial charge in [-0.15, -0.1) is 0 Å². The fourth-order valence-corrected chi connectivity index (χ4v) is 1.86. The Balaban J connectivity index is 2.99. The zero-order valence-corrected chi connectivity index (χ0v) is 11.4. The summed E-state index contributed by atoms with van der Waals surface area (Å²) in [5, 5.41) is 8.78. The van der Waals surface area contributed by atoms with Crippen LogP contribution in [-0.2, 0) is 9.59 Å². The van der Waals surface area contributed by atoms with E-state index in [1.807, 2.05) is 6.92 Å². The molecule has 3 N–H and O–H groups in total. The van der Waals surface area contributed by atoms with Crippen molar-refractivity contribution in [2.45, 2.75) is 39.0 Å². The quantitative estimate of drug-likeness (QED) is 0.754. The molecule has 1 unspecified atom stereocenters. The number of ketones is 1. The van der Waals surface area contributed by atoms with Gasteiger partial charge in [-0.05, 0) is 6.42 Å². The Kier molecular flexibility index (Phi) is 4.97. The number of carbonyl (C=O) groups excluding carboxylic acids is 1. The minimum absolute atomic E-state index is 0.0773. The molecule has 1 rings (SSSR count). The number of halogens is 2. The number of carboxylic acids is 1. The lowest BCUT2D eigenvalue weighted by molar-refractivity contribution is -0.132. The standard InChI is InChI=1S/C13H18F2N2O3/c1-3-7(2)10(18)6-17-9-5-13(14,15)4-8(9)11(16)12(19)20/h7H,3-6,16H2,1-2H3,(H,19,20)/b11-8-,17-9?. The van der Waals surface area contributed by atoms with E-state index in [4.69, 9.17) is 10.8 Å². The van der Waals surface area contributed by atoms with Gasteiger partial charge in [0.25, 0.3) is 5.92 Å². The monoisotopic (exact) mass is 288 g/mol. The van der Waals surface area contributed by atoms with Crippen LogP contribution in [0.15, 0.2) is 16.3 Å². The first-order valence-electron chi connectivity index (χ1n) is 6.34. The summed E-state index contributed by atoms with van der Waals surface area (Å²) in [7, 11) is 0. The molecule has 0 aromatic rings. The first-order valence-corrected chi connectivity index (χ1v) is 6.34. The molecule has 5 nitrogen and oxygen atoms in total. The van der Waals surface area contributed by atoms with Crippen LogP contribution in [0.1, 0.15) is 33.1 Å². The van der Waals surface area contributed by atoms with E-state index >= 15 is 0 Å². The van der Waals surface area contributed by atoms with Crippen LogP contribution in [0, 0.1) is 5.92 Å². The Morgan fingerprint density at radius 3 is 2.55 bits per heavy atom. The minimum Gasteiger partial charge on any atom is -0.477 e. The Bertz CT molecular complexity index is 484. The van der Waals surface area contributed by atoms with E-state index in [0.717, 1.165) is 0 Å². The predicted molar refractivity (Wildman–Crippen MR) is 69.8 cm³/mol. The van der Waals surface area contributed by atoms with Gasteiger partial charge in [-0.25, -0.2) is 13.6 Å². The van der Waals surface area contributed by atoms with Crippen molar-refractivity contribution in [2.75, 3.05) is 6.54 Å². The third kappa shape index (κ3) is 3.85. The molecule has 0 bridgehead atoms. The average molecular weight is 288 g/mol. The molecule has 1 fully saturated rings. The summed E-state index contributed by atoms with van der Waals surface area (Å²) >= 11 is 0. The average Bonchev–Trinajstić information content (AvgIpc) is 2.69. The molecule has 1 aliphatic carbocycles. The van der Waals surface area contributed by atoms with E-state index in [1.54, 1.807) is 6.92 Å². The maximum atomic E-state index is 13.4. The number of aliphatic imine (C=N–C) groups is 1. The predicted octanol–water partition coefficient (Wildman–Crippen LogP) is 1.77. The van der Waals surface area contributed by atoms with Crippen LogP contribution in [0.25, 0.3) is 0 Å². The fraction of sp³-hybridized carbons (Fsp3) is 0.615. The number of allylic oxidation sites excluding steroid dienone is 1. The molecule has 20 heavy (non-hydrogen) atoms. The number of carbonyl (C=O) groups is 2. The SMILES string of the molecule is CCC(C)C(=O)CN=C1CC(F)(F)C/C1=C(/N)C(=O)O. The summed E-state index contributed by atoms with van der Waals surface area (Å²) in [5.41, 5.74) is 4.43. The second-order valence-corrected chi connectivity index (χ2v) is 4.95. The van der Waals surface area contributed by atoms with Gasteiger partial charge in [0.1, 0.15) is 5.70 Å². The summed E-state index contributed by atoms with van der Waals surface area (Å²) in [4.78, 5) is 26.3. The first kappa shape index (κ1) is 16.3. The van der Waals surface area contributed by atoms with Crippen molar-refractivity contribution in [1.82, 2.24) is 0 Å². The maximum Gasteiger partial charge on any atom is 0.352 e. The molecule has 0 aliphatic heterocycles. The second kappa shape index (κ2) is 6.11. The van der Waals surface area contributed by atoms with Crippen molar-refractivity contribution in [3.05, 3.63) is 11.3 Å². The molecular weight excluding hydrogens is 270 g/mol. The number of aliphatic carboxylic acids is 1. The van der Waals surface area contributed by atoms with Crippen molar-refractivity contribution in [2.24, 2.45) is 16.6 Å². The van der Waals surface area contributed by atoms with Gasteiger partial charge in [-0.2, -0.15) is 0 Å². The topological polar surface area (TPSA) is 92.8 Å². The lowest BCUT2D eigenvalue weighted by atomic mass is 10.0. The fourth-order valence-electron chi connectivity index (χ4n) is 1.86. The number of Topliss-reactive ketones (excluding diaryl/α,β-unsaturated/α-hetero) is 1. The van der Waals surface area contributed by atoms with E-state index in [9.17, 15) is 18.4 Å². The maximum absolute atomic E-state index is 13.4. The number of rotatable bonds is 5. The molecule has 7 heteroatoms. The van der Waals surface area contributed by atoms with E-state index in [1.165, 1.54) is 0 Å². The first-order chi connectivity index (χ1) is 9.18. The Morgan fingerprint density at radius 1 is 1.45 bits per heavy atom. The third-order valence-electron chi connectivity index (χ3n) is 3.35. The molecule has 1 aliphatic rings. The van der Waals surface area contributed by atoms with Crippen molar-refractivity contribution >= 4 is 17.5 Å². The number of carboxylic acid groups (broad SMARTS) is 1. The molecule has 0 heterocycles. The highest BCUT2D eigenvalue weighted by atomic mass is 19.3. The van der Waals surface area contributed by atoms with Gasteiger partial charge >= 0.3 is 5.97 Å². The molecule has 0 amide bonds. The van der Waals surface area contributed by atoms with Crippen LogP contribution in [-0.4, -0.2) is 35.0 Å². The zero-order chi connectivity index (χ0) is 15.5. The number of alkyl halides is 2. The van der Waals surface area contributed by atoms with Gasteiger partial charge in [0.2, 0.25) is 0 Å². The molecule has 1 atom stereocenters. The van der Waals surface area contributed by atoms with E-state index in [0.29, 0.717) is 6.42 Å². The van der Waals surface area contributed by atoms with Gasteiger partial charge in [0.15, 0.2) is 5.78 Å². The normalized spacial score (nSPS) is 23.7. The summed E-state index contributed by atoms with van der Waals surface area (Å²) < 4.78 is 26.7. The number of hydrogen-bond donors (Lipinski definition) is 2. The van der Waals surface area contributed by atoms with Crippen LogP contribution < -0.4 is 5.73 Å². The number of nitrogens with zero attached hydrogens (tertiary/aromatic N) is 1. The van der Waals surface area contributed by atoms with Gasteiger partial charge in [-0.3, -0.25) is 9.79 Å². The van der Waals surface area contributed by atoms with Gasteiger partial charge in [0.05, 0.1) is 13.0 Å².